The second kappa shape index (κ2) is 6.88. The number of rotatable bonds is 4. The standard InChI is InChI=1S/C18H11FN2O4/c19-14-7-3-6-13(11-14)17-20-16(18(22)25-17)9-2-5-12-4-1-8-15(10-12)21(23)24/h1-11H. The molecule has 0 radical (unpaired) electrons. The molecule has 0 atom stereocenters. The average Bonchev–Trinajstić information content (AvgIpc) is 2.96. The minimum absolute atomic E-state index is 0.0264. The van der Waals surface area contributed by atoms with Gasteiger partial charge in [0.2, 0.25) is 5.90 Å². The Hall–Kier alpha value is -3.61. The van der Waals surface area contributed by atoms with Gasteiger partial charge in [0.25, 0.3) is 5.69 Å². The van der Waals surface area contributed by atoms with E-state index in [-0.39, 0.29) is 17.3 Å². The lowest BCUT2D eigenvalue weighted by Crippen LogP contribution is -2.05. The number of halogens is 1. The molecule has 0 N–H and O–H groups in total. The highest BCUT2D eigenvalue weighted by Gasteiger charge is 2.23. The number of ether oxygens (including phenoxy) is 1. The summed E-state index contributed by atoms with van der Waals surface area (Å²) in [6.45, 7) is 0. The summed E-state index contributed by atoms with van der Waals surface area (Å²) in [5, 5.41) is 10.7. The molecule has 0 unspecified atom stereocenters. The Morgan fingerprint density at radius 1 is 1.16 bits per heavy atom. The van der Waals surface area contributed by atoms with Crippen LogP contribution in [0.15, 0.2) is 71.4 Å². The van der Waals surface area contributed by atoms with E-state index < -0.39 is 16.7 Å². The number of carbonyl (C=O) groups is 1. The molecule has 6 nitrogen and oxygen atoms in total. The molecule has 0 fully saturated rings. The summed E-state index contributed by atoms with van der Waals surface area (Å²) in [5.41, 5.74) is 0.994. The zero-order valence-corrected chi connectivity index (χ0v) is 12.8. The first-order chi connectivity index (χ1) is 12.0. The normalized spacial score (nSPS) is 15.5. The van der Waals surface area contributed by atoms with E-state index in [4.69, 9.17) is 4.74 Å². The van der Waals surface area contributed by atoms with E-state index in [0.717, 1.165) is 0 Å². The third kappa shape index (κ3) is 3.84. The quantitative estimate of drug-likeness (QED) is 0.369. The summed E-state index contributed by atoms with van der Waals surface area (Å²) in [5.74, 6) is -1.08. The van der Waals surface area contributed by atoms with Crippen molar-refractivity contribution in [3.05, 3.63) is 93.4 Å². The number of benzene rings is 2. The topological polar surface area (TPSA) is 81.8 Å². The van der Waals surface area contributed by atoms with Crippen LogP contribution in [0.3, 0.4) is 0 Å². The fourth-order valence-electron chi connectivity index (χ4n) is 2.16. The molecule has 0 saturated heterocycles. The maximum atomic E-state index is 13.2. The fourth-order valence-corrected chi connectivity index (χ4v) is 2.16. The number of carbonyl (C=O) groups excluding carboxylic acids is 1. The Morgan fingerprint density at radius 2 is 1.96 bits per heavy atom. The summed E-state index contributed by atoms with van der Waals surface area (Å²) in [7, 11) is 0. The van der Waals surface area contributed by atoms with Crippen LogP contribution in [0, 0.1) is 15.9 Å². The molecule has 1 heterocycles. The zero-order chi connectivity index (χ0) is 17.8. The number of nitro groups is 1. The van der Waals surface area contributed by atoms with Crippen LogP contribution >= 0.6 is 0 Å². The first-order valence-electron chi connectivity index (χ1n) is 7.22. The van der Waals surface area contributed by atoms with Gasteiger partial charge in [-0.25, -0.2) is 14.2 Å². The van der Waals surface area contributed by atoms with Crippen molar-refractivity contribution in [2.45, 2.75) is 0 Å². The van der Waals surface area contributed by atoms with Crippen molar-refractivity contribution >= 4 is 23.6 Å². The van der Waals surface area contributed by atoms with Crippen LogP contribution in [0.25, 0.3) is 6.08 Å². The van der Waals surface area contributed by atoms with Gasteiger partial charge in [0.1, 0.15) is 5.82 Å². The Bertz CT molecular complexity index is 948. The highest BCUT2D eigenvalue weighted by molar-refractivity contribution is 6.11. The second-order valence-electron chi connectivity index (χ2n) is 5.08. The Kier molecular flexibility index (Phi) is 4.47. The summed E-state index contributed by atoms with van der Waals surface area (Å²) >= 11 is 0. The van der Waals surface area contributed by atoms with E-state index in [0.29, 0.717) is 11.1 Å². The average molecular weight is 338 g/mol. The van der Waals surface area contributed by atoms with Crippen molar-refractivity contribution in [1.29, 1.82) is 0 Å². The molecule has 2 aromatic rings. The van der Waals surface area contributed by atoms with E-state index >= 15 is 0 Å². The number of nitrogens with zero attached hydrogens (tertiary/aromatic N) is 2. The molecule has 0 aliphatic carbocycles. The molecule has 0 spiro atoms. The molecule has 7 heteroatoms. The number of nitro benzene ring substituents is 1. The van der Waals surface area contributed by atoms with Gasteiger partial charge in [-0.15, -0.1) is 0 Å². The van der Waals surface area contributed by atoms with E-state index in [1.165, 1.54) is 42.5 Å². The van der Waals surface area contributed by atoms with Crippen LogP contribution in [0.1, 0.15) is 11.1 Å². The number of hydrogen-bond acceptors (Lipinski definition) is 5. The molecule has 124 valence electrons. The van der Waals surface area contributed by atoms with Crippen LogP contribution in [-0.4, -0.2) is 16.8 Å². The van der Waals surface area contributed by atoms with E-state index in [2.05, 4.69) is 4.99 Å². The molecule has 0 aromatic heterocycles. The van der Waals surface area contributed by atoms with Crippen LogP contribution in [0.5, 0.6) is 0 Å². The van der Waals surface area contributed by atoms with Crippen molar-refractivity contribution in [2.75, 3.05) is 0 Å². The van der Waals surface area contributed by atoms with Crippen molar-refractivity contribution in [3.8, 4) is 0 Å². The third-order valence-electron chi connectivity index (χ3n) is 3.32. The Morgan fingerprint density at radius 3 is 2.72 bits per heavy atom. The lowest BCUT2D eigenvalue weighted by atomic mass is 10.2. The molecule has 3 rings (SSSR count). The summed E-state index contributed by atoms with van der Waals surface area (Å²) in [4.78, 5) is 26.1. The van der Waals surface area contributed by atoms with Gasteiger partial charge in [0, 0.05) is 17.7 Å². The molecule has 0 amide bonds. The molecule has 25 heavy (non-hydrogen) atoms. The Labute approximate surface area is 141 Å². The van der Waals surface area contributed by atoms with Gasteiger partial charge in [-0.05, 0) is 29.8 Å². The van der Waals surface area contributed by atoms with Gasteiger partial charge >= 0.3 is 5.97 Å². The van der Waals surface area contributed by atoms with E-state index in [1.807, 2.05) is 0 Å². The van der Waals surface area contributed by atoms with Gasteiger partial charge in [0.15, 0.2) is 5.70 Å². The van der Waals surface area contributed by atoms with Gasteiger partial charge in [0.05, 0.1) is 4.92 Å². The molecule has 1 aliphatic rings. The smallest absolute Gasteiger partial charge is 0.363 e. The number of non-ortho nitro benzene ring substituents is 1. The molecular weight excluding hydrogens is 327 g/mol. The third-order valence-corrected chi connectivity index (χ3v) is 3.32. The van der Waals surface area contributed by atoms with Crippen LogP contribution in [-0.2, 0) is 9.53 Å². The first kappa shape index (κ1) is 16.3. The Balaban J connectivity index is 1.80. The molecule has 1 aliphatic heterocycles. The van der Waals surface area contributed by atoms with E-state index in [9.17, 15) is 19.3 Å². The molecule has 2 aromatic carbocycles. The minimum Gasteiger partial charge on any atom is -0.402 e. The van der Waals surface area contributed by atoms with Crippen LogP contribution < -0.4 is 0 Å². The lowest BCUT2D eigenvalue weighted by molar-refractivity contribution is -0.384. The lowest BCUT2D eigenvalue weighted by Gasteiger charge is -1.98. The van der Waals surface area contributed by atoms with Crippen molar-refractivity contribution < 1.29 is 18.8 Å². The van der Waals surface area contributed by atoms with Gasteiger partial charge < -0.3 is 4.74 Å². The summed E-state index contributed by atoms with van der Waals surface area (Å²) in [6.07, 6.45) is 4.56. The minimum atomic E-state index is -0.650. The number of allylic oxidation sites excluding steroid dienone is 2. The van der Waals surface area contributed by atoms with Gasteiger partial charge in [-0.1, -0.05) is 30.4 Å². The predicted molar refractivity (Wildman–Crippen MR) is 89.2 cm³/mol. The SMILES string of the molecule is O=C1OC(c2cccc(F)c2)=NC1=CC=Cc1cccc([N+](=O)[O-])c1. The highest BCUT2D eigenvalue weighted by Crippen LogP contribution is 2.18. The summed E-state index contributed by atoms with van der Waals surface area (Å²) < 4.78 is 18.2. The number of esters is 1. The largest absolute Gasteiger partial charge is 0.402 e. The molecular formula is C18H11FN2O4. The molecule has 0 saturated carbocycles. The van der Waals surface area contributed by atoms with Crippen molar-refractivity contribution in [2.24, 2.45) is 4.99 Å². The maximum absolute atomic E-state index is 13.2. The zero-order valence-electron chi connectivity index (χ0n) is 12.8. The predicted octanol–water partition coefficient (Wildman–Crippen LogP) is 3.63. The van der Waals surface area contributed by atoms with Gasteiger partial charge in [-0.2, -0.15) is 0 Å². The van der Waals surface area contributed by atoms with Crippen LogP contribution in [0.4, 0.5) is 10.1 Å². The fraction of sp³-hybridized carbons (Fsp3) is 0. The molecule has 0 bridgehead atoms. The number of hydrogen-bond donors (Lipinski definition) is 0. The monoisotopic (exact) mass is 338 g/mol. The number of aliphatic imine (C=N–C) groups is 1. The van der Waals surface area contributed by atoms with Crippen LogP contribution in [0.2, 0.25) is 0 Å². The first-order valence-corrected chi connectivity index (χ1v) is 7.22. The second-order valence-corrected chi connectivity index (χ2v) is 5.08. The van der Waals surface area contributed by atoms with Crippen molar-refractivity contribution in [1.82, 2.24) is 0 Å². The highest BCUT2D eigenvalue weighted by atomic mass is 19.1. The van der Waals surface area contributed by atoms with Gasteiger partial charge in [-0.3, -0.25) is 10.1 Å². The van der Waals surface area contributed by atoms with Crippen molar-refractivity contribution in [3.63, 3.8) is 0 Å². The maximum Gasteiger partial charge on any atom is 0.363 e. The summed E-state index contributed by atoms with van der Waals surface area (Å²) in [6, 6.07) is 11.6. The number of cyclic esters (lactones) is 1. The van der Waals surface area contributed by atoms with E-state index in [1.54, 1.807) is 24.3 Å².